The standard InChI is InChI=1S/C29H28N2O5.ClH/c32-26(36-19-20-8-2-1-3-9-20)14-7-17-35-25-13-6-10-21-15-16-30-24(27(21)25)18-31-28(33)22-11-4-5-12-23(22)29(31)34;/h1-6,8-13,24,30H,7,14-19H2;1H/t24-;/m1./s1. The van der Waals surface area contributed by atoms with Gasteiger partial charge in [0.2, 0.25) is 0 Å². The molecule has 3 aromatic carbocycles. The molecule has 5 rings (SSSR count). The van der Waals surface area contributed by atoms with E-state index in [-0.39, 0.29) is 55.8 Å². The number of rotatable bonds is 9. The molecule has 0 aromatic heterocycles. The normalized spacial score (nSPS) is 16.0. The number of esters is 1. The van der Waals surface area contributed by atoms with Gasteiger partial charge in [0.15, 0.2) is 0 Å². The first-order valence-corrected chi connectivity index (χ1v) is 12.2. The summed E-state index contributed by atoms with van der Waals surface area (Å²) in [5, 5.41) is 3.45. The summed E-state index contributed by atoms with van der Waals surface area (Å²) in [6.45, 7) is 1.59. The van der Waals surface area contributed by atoms with Crippen LogP contribution in [0.5, 0.6) is 5.75 Å². The van der Waals surface area contributed by atoms with Crippen molar-refractivity contribution in [3.8, 4) is 5.75 Å². The van der Waals surface area contributed by atoms with Crippen molar-refractivity contribution in [2.45, 2.75) is 31.9 Å². The molecule has 0 saturated heterocycles. The van der Waals surface area contributed by atoms with Gasteiger partial charge in [0.05, 0.1) is 23.8 Å². The minimum Gasteiger partial charge on any atom is -0.493 e. The molecule has 2 amide bonds. The Hall–Kier alpha value is -3.68. The molecule has 192 valence electrons. The third kappa shape index (κ3) is 5.84. The molecule has 0 aliphatic carbocycles. The van der Waals surface area contributed by atoms with E-state index in [9.17, 15) is 14.4 Å². The zero-order valence-electron chi connectivity index (χ0n) is 20.4. The number of fused-ring (bicyclic) bond motifs is 2. The van der Waals surface area contributed by atoms with Crippen LogP contribution in [0.4, 0.5) is 0 Å². The van der Waals surface area contributed by atoms with E-state index in [1.807, 2.05) is 42.5 Å². The average molecular weight is 521 g/mol. The van der Waals surface area contributed by atoms with Crippen LogP contribution in [0.3, 0.4) is 0 Å². The van der Waals surface area contributed by atoms with Crippen molar-refractivity contribution in [2.75, 3.05) is 19.7 Å². The lowest BCUT2D eigenvalue weighted by Gasteiger charge is -2.31. The molecule has 0 saturated carbocycles. The molecule has 1 N–H and O–H groups in total. The highest BCUT2D eigenvalue weighted by Gasteiger charge is 2.38. The molecule has 7 nitrogen and oxygen atoms in total. The van der Waals surface area contributed by atoms with Gasteiger partial charge in [-0.2, -0.15) is 0 Å². The Balaban J connectivity index is 0.00000320. The van der Waals surface area contributed by atoms with Crippen LogP contribution < -0.4 is 10.1 Å². The molecule has 2 aliphatic rings. The van der Waals surface area contributed by atoms with E-state index < -0.39 is 0 Å². The van der Waals surface area contributed by atoms with Gasteiger partial charge in [-0.15, -0.1) is 12.4 Å². The van der Waals surface area contributed by atoms with Crippen LogP contribution in [0.1, 0.15) is 56.3 Å². The zero-order valence-corrected chi connectivity index (χ0v) is 21.2. The highest BCUT2D eigenvalue weighted by molar-refractivity contribution is 6.21. The molecule has 0 radical (unpaired) electrons. The van der Waals surface area contributed by atoms with E-state index in [0.29, 0.717) is 29.9 Å². The molecule has 0 spiro atoms. The van der Waals surface area contributed by atoms with Gasteiger partial charge in [0.25, 0.3) is 11.8 Å². The Kier molecular flexibility index (Phi) is 8.58. The van der Waals surface area contributed by atoms with Gasteiger partial charge in [0.1, 0.15) is 12.4 Å². The first-order valence-electron chi connectivity index (χ1n) is 12.2. The number of nitrogens with one attached hydrogen (secondary N) is 1. The predicted octanol–water partition coefficient (Wildman–Crippen LogP) is 4.49. The number of ether oxygens (including phenoxy) is 2. The minimum absolute atomic E-state index is 0. The molecule has 8 heteroatoms. The lowest BCUT2D eigenvalue weighted by molar-refractivity contribution is -0.145. The summed E-state index contributed by atoms with van der Waals surface area (Å²) in [6.07, 6.45) is 1.61. The monoisotopic (exact) mass is 520 g/mol. The topological polar surface area (TPSA) is 84.9 Å². The largest absolute Gasteiger partial charge is 0.493 e. The van der Waals surface area contributed by atoms with Crippen molar-refractivity contribution >= 4 is 30.2 Å². The third-order valence-corrected chi connectivity index (χ3v) is 6.56. The van der Waals surface area contributed by atoms with Gasteiger partial charge in [-0.25, -0.2) is 0 Å². The van der Waals surface area contributed by atoms with E-state index in [0.717, 1.165) is 29.7 Å². The second-order valence-corrected chi connectivity index (χ2v) is 8.95. The second-order valence-electron chi connectivity index (χ2n) is 8.95. The van der Waals surface area contributed by atoms with Crippen molar-refractivity contribution in [3.05, 3.63) is 101 Å². The summed E-state index contributed by atoms with van der Waals surface area (Å²) in [6, 6.07) is 22.2. The van der Waals surface area contributed by atoms with Crippen molar-refractivity contribution in [1.82, 2.24) is 10.2 Å². The van der Waals surface area contributed by atoms with Gasteiger partial charge >= 0.3 is 5.97 Å². The molecule has 2 aliphatic heterocycles. The molecular weight excluding hydrogens is 492 g/mol. The smallest absolute Gasteiger partial charge is 0.306 e. The van der Waals surface area contributed by atoms with Gasteiger partial charge in [-0.05, 0) is 48.7 Å². The molecular formula is C29H29ClN2O5. The number of hydrogen-bond acceptors (Lipinski definition) is 6. The minimum atomic E-state index is -0.267. The fourth-order valence-electron chi connectivity index (χ4n) is 4.76. The van der Waals surface area contributed by atoms with Gasteiger partial charge in [0, 0.05) is 18.5 Å². The Bertz CT molecular complexity index is 1250. The van der Waals surface area contributed by atoms with E-state index in [1.165, 1.54) is 4.90 Å². The quantitative estimate of drug-likeness (QED) is 0.254. The molecule has 0 fully saturated rings. The maximum atomic E-state index is 12.9. The first-order chi connectivity index (χ1) is 17.6. The number of halogens is 1. The van der Waals surface area contributed by atoms with Gasteiger partial charge in [-0.1, -0.05) is 54.6 Å². The summed E-state index contributed by atoms with van der Waals surface area (Å²) in [4.78, 5) is 39.2. The number of imide groups is 1. The van der Waals surface area contributed by atoms with Crippen LogP contribution in [0.25, 0.3) is 0 Å². The number of carbonyl (C=O) groups excluding carboxylic acids is 3. The number of nitrogens with zero attached hydrogens (tertiary/aromatic N) is 1. The van der Waals surface area contributed by atoms with Crippen LogP contribution in [-0.4, -0.2) is 42.4 Å². The summed E-state index contributed by atoms with van der Waals surface area (Å²) in [7, 11) is 0. The van der Waals surface area contributed by atoms with Crippen LogP contribution in [0, 0.1) is 0 Å². The van der Waals surface area contributed by atoms with Crippen LogP contribution in [0.15, 0.2) is 72.8 Å². The van der Waals surface area contributed by atoms with Crippen LogP contribution >= 0.6 is 12.4 Å². The summed E-state index contributed by atoms with van der Waals surface area (Å²) < 4.78 is 11.4. The fourth-order valence-corrected chi connectivity index (χ4v) is 4.76. The van der Waals surface area contributed by atoms with Crippen molar-refractivity contribution in [3.63, 3.8) is 0 Å². The Labute approximate surface area is 222 Å². The Morgan fingerprint density at radius 1 is 0.919 bits per heavy atom. The predicted molar refractivity (Wildman–Crippen MR) is 141 cm³/mol. The molecule has 37 heavy (non-hydrogen) atoms. The number of amides is 2. The van der Waals surface area contributed by atoms with Crippen molar-refractivity contribution in [1.29, 1.82) is 0 Å². The van der Waals surface area contributed by atoms with Crippen LogP contribution in [0.2, 0.25) is 0 Å². The van der Waals surface area contributed by atoms with E-state index >= 15 is 0 Å². The maximum absolute atomic E-state index is 12.9. The SMILES string of the molecule is Cl.O=C(CCCOc1cccc2c1[C@@H](CN1C(=O)c3ccccc3C1=O)NCC2)OCc1ccccc1. The highest BCUT2D eigenvalue weighted by Crippen LogP contribution is 2.34. The number of benzene rings is 3. The zero-order chi connectivity index (χ0) is 24.9. The average Bonchev–Trinajstić information content (AvgIpc) is 3.15. The van der Waals surface area contributed by atoms with E-state index in [1.54, 1.807) is 24.3 Å². The van der Waals surface area contributed by atoms with Crippen molar-refractivity contribution < 1.29 is 23.9 Å². The summed E-state index contributed by atoms with van der Waals surface area (Å²) in [5.41, 5.74) is 3.95. The van der Waals surface area contributed by atoms with E-state index in [4.69, 9.17) is 9.47 Å². The Morgan fingerprint density at radius 2 is 1.62 bits per heavy atom. The first kappa shape index (κ1) is 26.4. The fraction of sp³-hybridized carbons (Fsp3) is 0.276. The van der Waals surface area contributed by atoms with E-state index in [2.05, 4.69) is 11.4 Å². The number of hydrogen-bond donors (Lipinski definition) is 1. The maximum Gasteiger partial charge on any atom is 0.306 e. The lowest BCUT2D eigenvalue weighted by atomic mass is 9.93. The third-order valence-electron chi connectivity index (χ3n) is 6.56. The molecule has 2 heterocycles. The Morgan fingerprint density at radius 3 is 2.35 bits per heavy atom. The molecule has 0 bridgehead atoms. The molecule has 0 unspecified atom stereocenters. The summed E-state index contributed by atoms with van der Waals surface area (Å²) >= 11 is 0. The van der Waals surface area contributed by atoms with Crippen LogP contribution in [-0.2, 0) is 22.6 Å². The molecule has 1 atom stereocenters. The van der Waals surface area contributed by atoms with Crippen molar-refractivity contribution in [2.24, 2.45) is 0 Å². The number of carbonyl (C=O) groups is 3. The lowest BCUT2D eigenvalue weighted by Crippen LogP contribution is -2.41. The second kappa shape index (κ2) is 12.0. The van der Waals surface area contributed by atoms with Gasteiger partial charge < -0.3 is 14.8 Å². The molecule has 3 aromatic rings. The summed E-state index contributed by atoms with van der Waals surface area (Å²) in [5.74, 6) is -0.0875. The van der Waals surface area contributed by atoms with Gasteiger partial charge in [-0.3, -0.25) is 19.3 Å². The highest BCUT2D eigenvalue weighted by atomic mass is 35.5.